The van der Waals surface area contributed by atoms with Gasteiger partial charge in [0.15, 0.2) is 0 Å². The first kappa shape index (κ1) is 34.8. The van der Waals surface area contributed by atoms with E-state index in [1.807, 2.05) is 41.5 Å². The van der Waals surface area contributed by atoms with Gasteiger partial charge in [-0.05, 0) is 54.4 Å². The lowest BCUT2D eigenvalue weighted by Crippen LogP contribution is -2.49. The first-order valence-corrected chi connectivity index (χ1v) is 14.4. The molecule has 3 aromatic rings. The molecule has 45 heavy (non-hydrogen) atoms. The second kappa shape index (κ2) is 15.3. The van der Waals surface area contributed by atoms with E-state index in [1.165, 1.54) is 45.1 Å². The lowest BCUT2D eigenvalue weighted by molar-refractivity contribution is 0.0190. The molecule has 0 radical (unpaired) electrons. The Morgan fingerprint density at radius 3 is 1.44 bits per heavy atom. The molecule has 5 rings (SSSR count). The number of rotatable bonds is 3. The van der Waals surface area contributed by atoms with Gasteiger partial charge in [0.05, 0.1) is 6.10 Å². The molecule has 2 aliphatic rings. The van der Waals surface area contributed by atoms with E-state index in [-0.39, 0.29) is 30.3 Å². The highest BCUT2D eigenvalue weighted by atomic mass is 16.6. The van der Waals surface area contributed by atoms with Crippen molar-refractivity contribution in [3.8, 4) is 0 Å². The van der Waals surface area contributed by atoms with Gasteiger partial charge < -0.3 is 30.0 Å². The van der Waals surface area contributed by atoms with Gasteiger partial charge in [-0.1, -0.05) is 0 Å². The van der Waals surface area contributed by atoms with Crippen molar-refractivity contribution in [2.24, 2.45) is 0 Å². The van der Waals surface area contributed by atoms with Crippen LogP contribution in [0.4, 0.5) is 19.2 Å². The summed E-state index contributed by atoms with van der Waals surface area (Å²) < 4.78 is 19.5. The predicted octanol–water partition coefficient (Wildman–Crippen LogP) is 3.55. The van der Waals surface area contributed by atoms with Gasteiger partial charge >= 0.3 is 24.3 Å². The van der Waals surface area contributed by atoms with Crippen molar-refractivity contribution in [1.29, 1.82) is 0 Å². The van der Waals surface area contributed by atoms with Gasteiger partial charge in [0, 0.05) is 62.1 Å². The van der Waals surface area contributed by atoms with Crippen LogP contribution in [0.25, 0.3) is 0 Å². The summed E-state index contributed by atoms with van der Waals surface area (Å²) in [4.78, 5) is 57.0. The van der Waals surface area contributed by atoms with Crippen LogP contribution in [-0.4, -0.2) is 93.6 Å². The molecule has 246 valence electrons. The number of nitrogens with one attached hydrogen (secondary N) is 2. The first-order valence-electron chi connectivity index (χ1n) is 14.4. The minimum atomic E-state index is -0.513. The van der Waals surface area contributed by atoms with Gasteiger partial charge in [-0.15, -0.1) is 0 Å². The molecular weight excluding hydrogens is 588 g/mol. The molecule has 3 heterocycles. The summed E-state index contributed by atoms with van der Waals surface area (Å²) in [6.45, 7) is 10.9. The van der Waals surface area contributed by atoms with E-state index in [1.54, 1.807) is 24.8 Å². The number of aliphatic hydroxyl groups is 1. The third-order valence-electron chi connectivity index (χ3n) is 6.08. The van der Waals surface area contributed by atoms with Crippen LogP contribution in [0.2, 0.25) is 0 Å². The van der Waals surface area contributed by atoms with Gasteiger partial charge in [-0.2, -0.15) is 0 Å². The van der Waals surface area contributed by atoms with Crippen LogP contribution >= 0.6 is 0 Å². The molecule has 0 aromatic carbocycles. The zero-order valence-electron chi connectivity index (χ0n) is 26.3. The average molecular weight is 631 g/mol. The van der Waals surface area contributed by atoms with Gasteiger partial charge in [0.25, 0.3) is 0 Å². The highest BCUT2D eigenvalue weighted by Crippen LogP contribution is 2.24. The van der Waals surface area contributed by atoms with Crippen LogP contribution in [0.5, 0.6) is 0 Å². The molecule has 3 aromatic heterocycles. The number of aromatic nitrogens is 6. The Balaban J connectivity index is 0.000000193. The minimum Gasteiger partial charge on any atom is -0.445 e. The number of ether oxygens (including phenoxy) is 3. The maximum atomic E-state index is 11.6. The number of alkyl carbamates (subject to hydrolysis) is 2. The van der Waals surface area contributed by atoms with E-state index in [0.29, 0.717) is 25.7 Å². The first-order chi connectivity index (χ1) is 21.1. The molecular formula is C29H42N8O8. The number of hydrogen-bond donors (Lipinski definition) is 3. The molecule has 0 unspecified atom stereocenters. The maximum absolute atomic E-state index is 11.6. The highest BCUT2D eigenvalue weighted by Gasteiger charge is 2.34. The number of amides is 2. The summed E-state index contributed by atoms with van der Waals surface area (Å²) >= 11 is 0. The third kappa shape index (κ3) is 12.4. The van der Waals surface area contributed by atoms with Crippen LogP contribution in [0.15, 0.2) is 56.2 Å². The third-order valence-corrected chi connectivity index (χ3v) is 6.08. The van der Waals surface area contributed by atoms with Gasteiger partial charge in [-0.25, -0.2) is 38.7 Å². The predicted molar refractivity (Wildman–Crippen MR) is 159 cm³/mol. The van der Waals surface area contributed by atoms with Crippen LogP contribution in [0.3, 0.4) is 0 Å². The summed E-state index contributed by atoms with van der Waals surface area (Å²) in [5.74, 6) is 0. The molecule has 2 amide bonds. The molecule has 0 atom stereocenters. The SMILES string of the molecule is CC(C)(C)OC(=O)NC1CC(O)C1.CC(C)(C)OC(=O)NC1CC(OC(=O)n2ccnc2)C1.O=C(n1ccnc1)n1ccnc1. The fraction of sp³-hybridized carbons (Fsp3) is 0.552. The normalized spacial score (nSPS) is 20.3. The van der Waals surface area contributed by atoms with E-state index >= 15 is 0 Å². The van der Waals surface area contributed by atoms with Crippen molar-refractivity contribution < 1.29 is 38.5 Å². The van der Waals surface area contributed by atoms with Crippen LogP contribution in [0.1, 0.15) is 67.2 Å². The van der Waals surface area contributed by atoms with Gasteiger partial charge in [0.1, 0.15) is 36.3 Å². The number of nitrogens with zero attached hydrogens (tertiary/aromatic N) is 6. The van der Waals surface area contributed by atoms with E-state index in [2.05, 4.69) is 25.6 Å². The number of imidazole rings is 3. The number of carbonyl (C=O) groups excluding carboxylic acids is 4. The Kier molecular flexibility index (Phi) is 11.8. The Hall–Kier alpha value is -4.73. The van der Waals surface area contributed by atoms with Crippen molar-refractivity contribution in [2.75, 3.05) is 0 Å². The molecule has 0 bridgehead atoms. The summed E-state index contributed by atoms with van der Waals surface area (Å²) in [7, 11) is 0. The second-order valence-electron chi connectivity index (χ2n) is 12.5. The zero-order valence-corrected chi connectivity index (χ0v) is 26.3. The topological polar surface area (TPSA) is 194 Å². The Labute approximate surface area is 261 Å². The molecule has 16 nitrogen and oxygen atoms in total. The van der Waals surface area contributed by atoms with Crippen molar-refractivity contribution in [1.82, 2.24) is 39.3 Å². The summed E-state index contributed by atoms with van der Waals surface area (Å²) in [6.07, 6.45) is 14.3. The second-order valence-corrected chi connectivity index (χ2v) is 12.5. The minimum absolute atomic E-state index is 0.00885. The zero-order chi connectivity index (χ0) is 33.2. The van der Waals surface area contributed by atoms with Crippen molar-refractivity contribution in [3.05, 3.63) is 56.2 Å². The van der Waals surface area contributed by atoms with Gasteiger partial charge in [-0.3, -0.25) is 9.13 Å². The summed E-state index contributed by atoms with van der Waals surface area (Å²) in [5, 5.41) is 14.4. The monoisotopic (exact) mass is 630 g/mol. The van der Waals surface area contributed by atoms with E-state index in [0.717, 1.165) is 0 Å². The standard InChI is InChI=1S/C13H19N3O4.C9H17NO3.C7H6N4O/c1-13(2,3)20-11(17)15-9-6-10(7-9)19-12(18)16-5-4-14-8-16;1-9(2,3)13-8(12)10-6-4-7(11)5-6;12-7(10-3-1-8-5-10)11-4-2-9-6-11/h4-5,8-10H,6-7H2,1-3H3,(H,15,17);6-7,11H,4-5H2,1-3H3,(H,10,12);1-6H. The fourth-order valence-corrected chi connectivity index (χ4v) is 3.88. The molecule has 2 saturated carbocycles. The number of aliphatic hydroxyl groups excluding tert-OH is 1. The summed E-state index contributed by atoms with van der Waals surface area (Å²) in [6, 6.07) is -0.111. The number of hydrogen-bond acceptors (Lipinski definition) is 11. The molecule has 16 heteroatoms. The molecule has 0 spiro atoms. The summed E-state index contributed by atoms with van der Waals surface area (Å²) in [5.41, 5.74) is -0.965. The van der Waals surface area contributed by atoms with Crippen molar-refractivity contribution in [2.45, 2.75) is 103 Å². The molecule has 0 saturated heterocycles. The molecule has 2 fully saturated rings. The quantitative estimate of drug-likeness (QED) is 0.358. The lowest BCUT2D eigenvalue weighted by Gasteiger charge is -2.35. The largest absolute Gasteiger partial charge is 0.445 e. The molecule has 2 aliphatic carbocycles. The Morgan fingerprint density at radius 2 is 1.09 bits per heavy atom. The van der Waals surface area contributed by atoms with Gasteiger partial charge in [0.2, 0.25) is 0 Å². The lowest BCUT2D eigenvalue weighted by atomic mass is 9.89. The smallest absolute Gasteiger partial charge is 0.419 e. The molecule has 3 N–H and O–H groups in total. The van der Waals surface area contributed by atoms with Crippen molar-refractivity contribution >= 4 is 24.3 Å². The van der Waals surface area contributed by atoms with E-state index < -0.39 is 29.5 Å². The number of carbonyl (C=O) groups is 4. The van der Waals surface area contributed by atoms with E-state index in [9.17, 15) is 19.2 Å². The van der Waals surface area contributed by atoms with Crippen molar-refractivity contribution in [3.63, 3.8) is 0 Å². The average Bonchev–Trinajstić information content (AvgIpc) is 3.68. The molecule has 0 aliphatic heterocycles. The van der Waals surface area contributed by atoms with Crippen LogP contribution in [0, 0.1) is 0 Å². The van der Waals surface area contributed by atoms with Crippen LogP contribution < -0.4 is 10.6 Å². The maximum Gasteiger partial charge on any atom is 0.419 e. The fourth-order valence-electron chi connectivity index (χ4n) is 3.88. The Morgan fingerprint density at radius 1 is 0.689 bits per heavy atom. The van der Waals surface area contributed by atoms with E-state index in [4.69, 9.17) is 19.3 Å². The van der Waals surface area contributed by atoms with Crippen LogP contribution in [-0.2, 0) is 14.2 Å². The Bertz CT molecular complexity index is 1310. The highest BCUT2D eigenvalue weighted by molar-refractivity contribution is 5.78.